The Bertz CT molecular complexity index is 992. The van der Waals surface area contributed by atoms with Gasteiger partial charge in [0.2, 0.25) is 5.91 Å². The molecule has 1 N–H and O–H groups in total. The van der Waals surface area contributed by atoms with Crippen molar-refractivity contribution in [2.75, 3.05) is 19.5 Å². The molecule has 1 aliphatic carbocycles. The number of hydrogen-bond acceptors (Lipinski definition) is 6. The molecule has 0 saturated carbocycles. The topological polar surface area (TPSA) is 73.9 Å². The molecule has 1 amide bonds. The Hall–Kier alpha value is -2.80. The minimum Gasteiger partial charge on any atom is -0.493 e. The highest BCUT2D eigenvalue weighted by Crippen LogP contribution is 2.40. The zero-order valence-corrected chi connectivity index (χ0v) is 19.4. The highest BCUT2D eigenvalue weighted by atomic mass is 32.1. The van der Waals surface area contributed by atoms with Crippen molar-refractivity contribution in [2.45, 2.75) is 46.1 Å². The molecule has 7 heteroatoms. The molecule has 0 saturated heterocycles. The van der Waals surface area contributed by atoms with Gasteiger partial charge in [-0.1, -0.05) is 13.0 Å². The molecule has 6 nitrogen and oxygen atoms in total. The number of ether oxygens (including phenoxy) is 3. The van der Waals surface area contributed by atoms with E-state index in [-0.39, 0.29) is 12.0 Å². The number of hydrogen-bond donors (Lipinski definition) is 1. The molecule has 1 atom stereocenters. The molecule has 0 fully saturated rings. The van der Waals surface area contributed by atoms with Gasteiger partial charge in [-0.15, -0.1) is 11.3 Å². The summed E-state index contributed by atoms with van der Waals surface area (Å²) >= 11 is 1.47. The van der Waals surface area contributed by atoms with Crippen molar-refractivity contribution in [3.8, 4) is 11.5 Å². The molecular weight excluding hydrogens is 414 g/mol. The first kappa shape index (κ1) is 22.9. The average Bonchev–Trinajstić information content (AvgIpc) is 3.08. The molecule has 0 radical (unpaired) electrons. The number of carbonyl (C=O) groups is 2. The summed E-state index contributed by atoms with van der Waals surface area (Å²) < 4.78 is 16.1. The van der Waals surface area contributed by atoms with E-state index >= 15 is 0 Å². The van der Waals surface area contributed by atoms with Crippen LogP contribution in [-0.4, -0.2) is 32.2 Å². The molecule has 1 aliphatic rings. The van der Waals surface area contributed by atoms with Crippen molar-refractivity contribution in [1.82, 2.24) is 0 Å². The standard InChI is InChI=1S/C24H29NO5S/c1-14(2)30-18-10-7-16(13-19(18)28-4)8-11-21(26)25-23-22(24(27)29-5)17-9-6-15(3)12-20(17)31-23/h7-8,10-11,13-15H,6,9,12H2,1-5H3,(H,25,26)/b11-8+. The van der Waals surface area contributed by atoms with Crippen molar-refractivity contribution in [1.29, 1.82) is 0 Å². The maximum atomic E-state index is 12.6. The Morgan fingerprint density at radius 1 is 1.23 bits per heavy atom. The number of esters is 1. The minimum atomic E-state index is -0.406. The quantitative estimate of drug-likeness (QED) is 0.476. The molecule has 3 rings (SSSR count). The van der Waals surface area contributed by atoms with Crippen LogP contribution in [0.4, 0.5) is 5.00 Å². The normalized spacial score (nSPS) is 15.6. The summed E-state index contributed by atoms with van der Waals surface area (Å²) in [5, 5.41) is 3.42. The monoisotopic (exact) mass is 443 g/mol. The maximum absolute atomic E-state index is 12.6. The van der Waals surface area contributed by atoms with E-state index < -0.39 is 5.97 Å². The fourth-order valence-electron chi connectivity index (χ4n) is 3.62. The Morgan fingerprint density at radius 3 is 2.68 bits per heavy atom. The predicted molar refractivity (Wildman–Crippen MR) is 123 cm³/mol. The van der Waals surface area contributed by atoms with E-state index in [9.17, 15) is 9.59 Å². The first-order valence-electron chi connectivity index (χ1n) is 10.4. The van der Waals surface area contributed by atoms with Crippen molar-refractivity contribution >= 4 is 34.3 Å². The van der Waals surface area contributed by atoms with E-state index in [1.165, 1.54) is 24.5 Å². The number of fused-ring (bicyclic) bond motifs is 1. The molecule has 31 heavy (non-hydrogen) atoms. The van der Waals surface area contributed by atoms with Gasteiger partial charge in [-0.05, 0) is 68.4 Å². The van der Waals surface area contributed by atoms with Crippen LogP contribution in [0.25, 0.3) is 6.08 Å². The van der Waals surface area contributed by atoms with Gasteiger partial charge in [0.15, 0.2) is 11.5 Å². The zero-order chi connectivity index (χ0) is 22.5. The molecule has 0 spiro atoms. The lowest BCUT2D eigenvalue weighted by atomic mass is 9.88. The summed E-state index contributed by atoms with van der Waals surface area (Å²) in [6, 6.07) is 5.49. The fourth-order valence-corrected chi connectivity index (χ4v) is 5.02. The van der Waals surface area contributed by atoms with Crippen LogP contribution >= 0.6 is 11.3 Å². The Balaban J connectivity index is 1.78. The second kappa shape index (κ2) is 10.0. The summed E-state index contributed by atoms with van der Waals surface area (Å²) in [6.07, 6.45) is 5.95. The van der Waals surface area contributed by atoms with Crippen LogP contribution in [0.3, 0.4) is 0 Å². The van der Waals surface area contributed by atoms with Crippen LogP contribution in [0, 0.1) is 5.92 Å². The minimum absolute atomic E-state index is 0.0321. The van der Waals surface area contributed by atoms with Gasteiger partial charge in [-0.2, -0.15) is 0 Å². The van der Waals surface area contributed by atoms with E-state index in [0.717, 1.165) is 35.3 Å². The van der Waals surface area contributed by atoms with Gasteiger partial charge in [-0.3, -0.25) is 4.79 Å². The third-order valence-electron chi connectivity index (χ3n) is 5.12. The van der Waals surface area contributed by atoms with Gasteiger partial charge >= 0.3 is 5.97 Å². The van der Waals surface area contributed by atoms with Crippen LogP contribution in [-0.2, 0) is 22.4 Å². The molecule has 166 valence electrons. The lowest BCUT2D eigenvalue weighted by Gasteiger charge is -2.18. The summed E-state index contributed by atoms with van der Waals surface area (Å²) in [7, 11) is 2.94. The number of methoxy groups -OCH3 is 2. The van der Waals surface area contributed by atoms with Crippen molar-refractivity contribution in [3.63, 3.8) is 0 Å². The first-order valence-corrected chi connectivity index (χ1v) is 11.2. The van der Waals surface area contributed by atoms with Crippen LogP contribution < -0.4 is 14.8 Å². The Morgan fingerprint density at radius 2 is 2.00 bits per heavy atom. The lowest BCUT2D eigenvalue weighted by Crippen LogP contribution is -2.14. The molecular formula is C24H29NO5S. The summed E-state index contributed by atoms with van der Waals surface area (Å²) in [5.41, 5.74) is 2.31. The first-order chi connectivity index (χ1) is 14.8. The van der Waals surface area contributed by atoms with Crippen molar-refractivity contribution < 1.29 is 23.8 Å². The molecule has 1 aromatic carbocycles. The second-order valence-corrected chi connectivity index (χ2v) is 9.05. The van der Waals surface area contributed by atoms with E-state index in [1.54, 1.807) is 13.2 Å². The maximum Gasteiger partial charge on any atom is 0.341 e. The third kappa shape index (κ3) is 5.47. The van der Waals surface area contributed by atoms with E-state index in [1.807, 2.05) is 32.0 Å². The number of amides is 1. The van der Waals surface area contributed by atoms with Crippen LogP contribution in [0.1, 0.15) is 53.6 Å². The number of nitrogens with one attached hydrogen (secondary N) is 1. The average molecular weight is 444 g/mol. The Kier molecular flexibility index (Phi) is 7.38. The van der Waals surface area contributed by atoms with Gasteiger partial charge in [0.25, 0.3) is 0 Å². The number of thiophene rings is 1. The van der Waals surface area contributed by atoms with Gasteiger partial charge in [0.05, 0.1) is 25.9 Å². The van der Waals surface area contributed by atoms with Crippen LogP contribution in [0.2, 0.25) is 0 Å². The largest absolute Gasteiger partial charge is 0.493 e. The summed E-state index contributed by atoms with van der Waals surface area (Å²) in [6.45, 7) is 6.10. The number of benzene rings is 1. The second-order valence-electron chi connectivity index (χ2n) is 7.95. The van der Waals surface area contributed by atoms with Gasteiger partial charge < -0.3 is 19.5 Å². The number of carbonyl (C=O) groups excluding carboxylic acids is 2. The number of anilines is 1. The molecule has 0 aliphatic heterocycles. The van der Waals surface area contributed by atoms with E-state index in [2.05, 4.69) is 12.2 Å². The summed E-state index contributed by atoms with van der Waals surface area (Å²) in [4.78, 5) is 26.1. The van der Waals surface area contributed by atoms with Gasteiger partial charge in [-0.25, -0.2) is 4.79 Å². The van der Waals surface area contributed by atoms with Crippen molar-refractivity contribution in [3.05, 3.63) is 45.8 Å². The zero-order valence-electron chi connectivity index (χ0n) is 18.6. The van der Waals surface area contributed by atoms with Crippen molar-refractivity contribution in [2.24, 2.45) is 5.92 Å². The highest BCUT2D eigenvalue weighted by Gasteiger charge is 2.28. The third-order valence-corrected chi connectivity index (χ3v) is 6.29. The molecule has 0 bridgehead atoms. The number of rotatable bonds is 7. The highest BCUT2D eigenvalue weighted by molar-refractivity contribution is 7.17. The molecule has 1 aromatic heterocycles. The van der Waals surface area contributed by atoms with Gasteiger partial charge in [0.1, 0.15) is 5.00 Å². The van der Waals surface area contributed by atoms with E-state index in [0.29, 0.717) is 28.0 Å². The SMILES string of the molecule is COC(=O)c1c(NC(=O)/C=C/c2ccc(OC(C)C)c(OC)c2)sc2c1CCC(C)C2. The van der Waals surface area contributed by atoms with Crippen LogP contribution in [0.5, 0.6) is 11.5 Å². The molecule has 2 aromatic rings. The molecule has 1 unspecified atom stereocenters. The predicted octanol–water partition coefficient (Wildman–Crippen LogP) is 5.11. The van der Waals surface area contributed by atoms with Crippen LogP contribution in [0.15, 0.2) is 24.3 Å². The molecule has 1 heterocycles. The summed E-state index contributed by atoms with van der Waals surface area (Å²) in [5.74, 6) is 1.11. The smallest absolute Gasteiger partial charge is 0.341 e. The van der Waals surface area contributed by atoms with Gasteiger partial charge in [0, 0.05) is 11.0 Å². The lowest BCUT2D eigenvalue weighted by molar-refractivity contribution is -0.111. The van der Waals surface area contributed by atoms with E-state index in [4.69, 9.17) is 14.2 Å². The Labute approximate surface area is 187 Å². The fraction of sp³-hybridized carbons (Fsp3) is 0.417.